The third-order valence-electron chi connectivity index (χ3n) is 2.59. The summed E-state index contributed by atoms with van der Waals surface area (Å²) in [6, 6.07) is 14.8. The first-order valence-electron chi connectivity index (χ1n) is 5.66. The predicted molar refractivity (Wildman–Crippen MR) is 70.0 cm³/mol. The Bertz CT molecular complexity index is 806. The van der Waals surface area contributed by atoms with E-state index in [1.54, 1.807) is 0 Å². The van der Waals surface area contributed by atoms with Crippen molar-refractivity contribution in [3.8, 4) is 11.1 Å². The molecule has 0 unspecified atom stereocenters. The maximum atomic E-state index is 10.7. The van der Waals surface area contributed by atoms with E-state index in [1.807, 2.05) is 12.1 Å². The Kier molecular flexibility index (Phi) is 5.05. The van der Waals surface area contributed by atoms with Gasteiger partial charge in [-0.05, 0) is 24.3 Å². The van der Waals surface area contributed by atoms with E-state index in [-0.39, 0.29) is 21.2 Å². The van der Waals surface area contributed by atoms with Gasteiger partial charge in [0.2, 0.25) is 7.14 Å². The molecule has 118 valence electrons. The van der Waals surface area contributed by atoms with E-state index in [9.17, 15) is 13.2 Å². The van der Waals surface area contributed by atoms with E-state index in [0.29, 0.717) is 0 Å². The molecular formula is C13H7ClF3IO3S. The van der Waals surface area contributed by atoms with E-state index >= 15 is 0 Å². The number of halogens is 5. The predicted octanol–water partition coefficient (Wildman–Crippen LogP) is 0.500. The summed E-state index contributed by atoms with van der Waals surface area (Å²) in [6.45, 7) is 0. The summed E-state index contributed by atoms with van der Waals surface area (Å²) in [7, 11) is -6.09. The first-order chi connectivity index (χ1) is 10.1. The highest BCUT2D eigenvalue weighted by Crippen LogP contribution is 2.29. The van der Waals surface area contributed by atoms with E-state index in [2.05, 4.69) is 30.3 Å². The van der Waals surface area contributed by atoms with Gasteiger partial charge < -0.3 is 4.55 Å². The highest BCUT2D eigenvalue weighted by atomic mass is 127. The summed E-state index contributed by atoms with van der Waals surface area (Å²) in [6.07, 6.45) is 0. The third kappa shape index (κ3) is 3.73. The zero-order valence-corrected chi connectivity index (χ0v) is 14.3. The maximum absolute atomic E-state index is 10.7. The highest BCUT2D eigenvalue weighted by molar-refractivity contribution is 7.86. The van der Waals surface area contributed by atoms with Gasteiger partial charge in [-0.1, -0.05) is 29.8 Å². The lowest BCUT2D eigenvalue weighted by Gasteiger charge is -2.08. The van der Waals surface area contributed by atoms with Crippen LogP contribution in [0.2, 0.25) is 5.02 Å². The molecule has 1 aliphatic heterocycles. The molecule has 3 nitrogen and oxygen atoms in total. The molecule has 2 aromatic rings. The molecule has 0 amide bonds. The first kappa shape index (κ1) is 17.5. The first-order valence-corrected chi connectivity index (χ1v) is 9.60. The number of alkyl halides is 3. The maximum Gasteiger partial charge on any atom is 0.485 e. The summed E-state index contributed by atoms with van der Waals surface area (Å²) in [4.78, 5) is 0. The summed E-state index contributed by atoms with van der Waals surface area (Å²) < 4.78 is 61.9. The van der Waals surface area contributed by atoms with Crippen LogP contribution < -0.4 is 21.2 Å². The molecular weight excluding hydrogens is 456 g/mol. The Labute approximate surface area is 140 Å². The van der Waals surface area contributed by atoms with Crippen LogP contribution in [0.1, 0.15) is 0 Å². The SMILES string of the molecule is Clc1cccc2c1-c1ccccc1[I+]2.O=S(=O)([O-])C(F)(F)F. The van der Waals surface area contributed by atoms with Crippen LogP contribution >= 0.6 is 11.6 Å². The monoisotopic (exact) mass is 462 g/mol. The van der Waals surface area contributed by atoms with Crippen LogP contribution in [0, 0.1) is 7.14 Å². The van der Waals surface area contributed by atoms with Crippen LogP contribution in [0.3, 0.4) is 0 Å². The summed E-state index contributed by atoms with van der Waals surface area (Å²) >= 11 is 6.22. The fourth-order valence-corrected chi connectivity index (χ4v) is 5.12. The summed E-state index contributed by atoms with van der Waals surface area (Å²) in [5, 5.41) is 0.896. The number of rotatable bonds is 0. The molecule has 1 aliphatic rings. The van der Waals surface area contributed by atoms with Gasteiger partial charge >= 0.3 is 26.7 Å². The zero-order chi connectivity index (χ0) is 16.5. The fourth-order valence-electron chi connectivity index (χ4n) is 1.69. The van der Waals surface area contributed by atoms with Crippen LogP contribution in [0.25, 0.3) is 11.1 Å². The van der Waals surface area contributed by atoms with Crippen molar-refractivity contribution in [3.05, 3.63) is 54.6 Å². The summed E-state index contributed by atoms with van der Waals surface area (Å²) in [5.74, 6) is 0. The normalized spacial score (nSPS) is 13.0. The van der Waals surface area contributed by atoms with Crippen molar-refractivity contribution >= 4 is 21.7 Å². The number of hydrogen-bond donors (Lipinski definition) is 0. The van der Waals surface area contributed by atoms with Crippen LogP contribution in [0.15, 0.2) is 42.5 Å². The van der Waals surface area contributed by atoms with Crippen LogP contribution in [-0.2, 0) is 10.1 Å². The standard InChI is InChI=1S/C12H7ClI.CHF3O3S/c13-9-5-3-7-11-12(9)8-4-1-2-6-10(8)14-11;2-1(3,4)8(5,6)7/h1-7H;(H,5,6,7)/q+1;/p-1. The van der Waals surface area contributed by atoms with E-state index in [1.165, 1.54) is 18.3 Å². The number of fused-ring (bicyclic) bond motifs is 3. The minimum Gasteiger partial charge on any atom is -0.741 e. The topological polar surface area (TPSA) is 57.2 Å². The lowest BCUT2D eigenvalue weighted by atomic mass is 10.1. The molecule has 2 aromatic carbocycles. The average Bonchev–Trinajstić information content (AvgIpc) is 2.76. The van der Waals surface area contributed by atoms with Gasteiger partial charge in [-0.2, -0.15) is 13.2 Å². The Hall–Kier alpha value is -0.840. The van der Waals surface area contributed by atoms with Crippen LogP contribution in [0.5, 0.6) is 0 Å². The van der Waals surface area contributed by atoms with E-state index in [4.69, 9.17) is 24.6 Å². The molecule has 0 saturated heterocycles. The number of benzene rings is 2. The quantitative estimate of drug-likeness (QED) is 0.278. The molecule has 0 fully saturated rings. The molecule has 0 radical (unpaired) electrons. The van der Waals surface area contributed by atoms with Crippen molar-refractivity contribution < 1.29 is 47.3 Å². The van der Waals surface area contributed by atoms with E-state index < -0.39 is 15.6 Å². The van der Waals surface area contributed by atoms with Gasteiger partial charge in [-0.3, -0.25) is 0 Å². The fraction of sp³-hybridized carbons (Fsp3) is 0.0769. The minimum atomic E-state index is -6.09. The van der Waals surface area contributed by atoms with Crippen molar-refractivity contribution in [2.75, 3.05) is 0 Å². The Morgan fingerprint density at radius 3 is 2.14 bits per heavy atom. The largest absolute Gasteiger partial charge is 0.741 e. The van der Waals surface area contributed by atoms with E-state index in [0.717, 1.165) is 5.02 Å². The molecule has 1 heterocycles. The third-order valence-corrected chi connectivity index (χ3v) is 6.48. The minimum absolute atomic E-state index is 0.00155. The van der Waals surface area contributed by atoms with Gasteiger partial charge in [-0.15, -0.1) is 0 Å². The molecule has 0 aliphatic carbocycles. The smallest absolute Gasteiger partial charge is 0.485 e. The van der Waals surface area contributed by atoms with Crippen LogP contribution in [-0.4, -0.2) is 18.5 Å². The molecule has 9 heteroatoms. The highest BCUT2D eigenvalue weighted by Gasteiger charge is 2.37. The molecule has 0 saturated carbocycles. The second-order valence-electron chi connectivity index (χ2n) is 4.07. The molecule has 0 N–H and O–H groups in total. The second kappa shape index (κ2) is 6.34. The van der Waals surface area contributed by atoms with Gasteiger partial charge in [-0.25, -0.2) is 8.42 Å². The van der Waals surface area contributed by atoms with Crippen molar-refractivity contribution in [1.82, 2.24) is 0 Å². The number of hydrogen-bond acceptors (Lipinski definition) is 3. The van der Waals surface area contributed by atoms with Gasteiger partial charge in [0, 0.05) is 5.56 Å². The molecule has 22 heavy (non-hydrogen) atoms. The van der Waals surface area contributed by atoms with Gasteiger partial charge in [0.25, 0.3) is 0 Å². The van der Waals surface area contributed by atoms with Gasteiger partial charge in [0.05, 0.1) is 10.6 Å². The molecule has 0 aromatic heterocycles. The van der Waals surface area contributed by atoms with Crippen molar-refractivity contribution in [3.63, 3.8) is 0 Å². The summed E-state index contributed by atoms with van der Waals surface area (Å²) in [5.41, 5.74) is -3.02. The lowest BCUT2D eigenvalue weighted by Crippen LogP contribution is -3.61. The Balaban J connectivity index is 0.000000192. The van der Waals surface area contributed by atoms with Crippen molar-refractivity contribution in [1.29, 1.82) is 0 Å². The van der Waals surface area contributed by atoms with Crippen molar-refractivity contribution in [2.24, 2.45) is 0 Å². The molecule has 0 atom stereocenters. The van der Waals surface area contributed by atoms with Crippen molar-refractivity contribution in [2.45, 2.75) is 5.51 Å². The van der Waals surface area contributed by atoms with Crippen LogP contribution in [0.4, 0.5) is 13.2 Å². The Morgan fingerprint density at radius 1 is 1.00 bits per heavy atom. The zero-order valence-electron chi connectivity index (χ0n) is 10.6. The molecule has 3 rings (SSSR count). The second-order valence-corrected chi connectivity index (χ2v) is 8.71. The molecule has 0 bridgehead atoms. The average molecular weight is 463 g/mol. The van der Waals surface area contributed by atoms with Gasteiger partial charge in [0.15, 0.2) is 10.1 Å². The van der Waals surface area contributed by atoms with Gasteiger partial charge in [0.1, 0.15) is 0 Å². The Morgan fingerprint density at radius 2 is 1.55 bits per heavy atom. The lowest BCUT2D eigenvalue weighted by molar-refractivity contribution is -0.589. The molecule has 0 spiro atoms.